The van der Waals surface area contributed by atoms with Gasteiger partial charge in [0.25, 0.3) is 0 Å². The molecule has 0 aromatic heterocycles. The van der Waals surface area contributed by atoms with E-state index < -0.39 is 0 Å². The van der Waals surface area contributed by atoms with Crippen LogP contribution in [-0.2, 0) is 0 Å². The summed E-state index contributed by atoms with van der Waals surface area (Å²) in [5, 5.41) is 3.77. The average Bonchev–Trinajstić information content (AvgIpc) is 3.20. The topological polar surface area (TPSA) is 15.3 Å². The summed E-state index contributed by atoms with van der Waals surface area (Å²) in [7, 11) is 2.29. The Morgan fingerprint density at radius 2 is 1.71 bits per heavy atom. The van der Waals surface area contributed by atoms with Crippen LogP contribution >= 0.6 is 0 Å². The highest BCUT2D eigenvalue weighted by Crippen LogP contribution is 2.28. The Labute approximate surface area is 107 Å². The SMILES string of the molecule is CC(NCC(C)N(C)C1CC1)C1CCCCC1. The molecule has 0 radical (unpaired) electrons. The third-order valence-corrected chi connectivity index (χ3v) is 4.91. The van der Waals surface area contributed by atoms with Crippen LogP contribution < -0.4 is 5.32 Å². The Morgan fingerprint density at radius 3 is 2.29 bits per heavy atom. The van der Waals surface area contributed by atoms with Crippen LogP contribution in [0.5, 0.6) is 0 Å². The average molecular weight is 238 g/mol. The van der Waals surface area contributed by atoms with Crippen LogP contribution in [0.4, 0.5) is 0 Å². The maximum absolute atomic E-state index is 3.77. The van der Waals surface area contributed by atoms with Crippen molar-refractivity contribution in [2.24, 2.45) is 5.92 Å². The quantitative estimate of drug-likeness (QED) is 0.765. The Hall–Kier alpha value is -0.0800. The van der Waals surface area contributed by atoms with Crippen molar-refractivity contribution in [3.63, 3.8) is 0 Å². The fraction of sp³-hybridized carbons (Fsp3) is 1.00. The smallest absolute Gasteiger partial charge is 0.0192 e. The monoisotopic (exact) mass is 238 g/mol. The molecule has 2 atom stereocenters. The lowest BCUT2D eigenvalue weighted by molar-refractivity contribution is 0.217. The van der Waals surface area contributed by atoms with Gasteiger partial charge in [-0.1, -0.05) is 19.3 Å². The molecule has 0 aliphatic heterocycles. The van der Waals surface area contributed by atoms with Gasteiger partial charge < -0.3 is 5.32 Å². The summed E-state index contributed by atoms with van der Waals surface area (Å²) in [6.45, 7) is 5.91. The summed E-state index contributed by atoms with van der Waals surface area (Å²) >= 11 is 0. The molecule has 0 heterocycles. The van der Waals surface area contributed by atoms with Crippen molar-refractivity contribution in [2.75, 3.05) is 13.6 Å². The summed E-state index contributed by atoms with van der Waals surface area (Å²) in [6.07, 6.45) is 10.1. The minimum atomic E-state index is 0.688. The van der Waals surface area contributed by atoms with Gasteiger partial charge in [0.2, 0.25) is 0 Å². The number of rotatable bonds is 6. The van der Waals surface area contributed by atoms with Gasteiger partial charge in [0.05, 0.1) is 0 Å². The molecule has 17 heavy (non-hydrogen) atoms. The second-order valence-electron chi connectivity index (χ2n) is 6.34. The summed E-state index contributed by atoms with van der Waals surface area (Å²) in [5.41, 5.74) is 0. The predicted octanol–water partition coefficient (Wildman–Crippen LogP) is 3.03. The molecule has 0 aromatic carbocycles. The molecular formula is C15H30N2. The molecule has 2 rings (SSSR count). The number of nitrogens with one attached hydrogen (secondary N) is 1. The molecule has 2 nitrogen and oxygen atoms in total. The highest BCUT2D eigenvalue weighted by molar-refractivity contribution is 4.86. The van der Waals surface area contributed by atoms with Crippen molar-refractivity contribution in [1.82, 2.24) is 10.2 Å². The fourth-order valence-electron chi connectivity index (χ4n) is 3.14. The van der Waals surface area contributed by atoms with Gasteiger partial charge in [0.15, 0.2) is 0 Å². The molecule has 0 saturated heterocycles. The van der Waals surface area contributed by atoms with Gasteiger partial charge >= 0.3 is 0 Å². The fourth-order valence-corrected chi connectivity index (χ4v) is 3.14. The van der Waals surface area contributed by atoms with E-state index >= 15 is 0 Å². The molecule has 1 N–H and O–H groups in total. The van der Waals surface area contributed by atoms with Crippen molar-refractivity contribution in [1.29, 1.82) is 0 Å². The van der Waals surface area contributed by atoms with Crippen molar-refractivity contribution >= 4 is 0 Å². The van der Waals surface area contributed by atoms with Crippen LogP contribution in [0.2, 0.25) is 0 Å². The van der Waals surface area contributed by atoms with E-state index in [1.54, 1.807) is 0 Å². The standard InChI is InChI=1S/C15H30N2/c1-12(17(3)15-9-10-15)11-16-13(2)14-7-5-4-6-8-14/h12-16H,4-11H2,1-3H3. The second-order valence-corrected chi connectivity index (χ2v) is 6.34. The molecule has 0 aromatic rings. The summed E-state index contributed by atoms with van der Waals surface area (Å²) in [5.74, 6) is 0.933. The van der Waals surface area contributed by atoms with E-state index in [0.29, 0.717) is 12.1 Å². The van der Waals surface area contributed by atoms with E-state index in [9.17, 15) is 0 Å². The van der Waals surface area contributed by atoms with Crippen LogP contribution in [0.3, 0.4) is 0 Å². The third-order valence-electron chi connectivity index (χ3n) is 4.91. The van der Waals surface area contributed by atoms with Crippen LogP contribution in [0.1, 0.15) is 58.8 Å². The van der Waals surface area contributed by atoms with Gasteiger partial charge in [0.1, 0.15) is 0 Å². The lowest BCUT2D eigenvalue weighted by Crippen LogP contribution is -2.44. The Morgan fingerprint density at radius 1 is 1.06 bits per heavy atom. The normalized spacial score (nSPS) is 26.1. The molecule has 2 aliphatic carbocycles. The molecule has 100 valence electrons. The first-order valence-electron chi connectivity index (χ1n) is 7.64. The first kappa shape index (κ1) is 13.4. The Balaban J connectivity index is 1.65. The van der Waals surface area contributed by atoms with Crippen LogP contribution in [-0.4, -0.2) is 36.6 Å². The molecule has 0 amide bonds. The van der Waals surface area contributed by atoms with E-state index in [4.69, 9.17) is 0 Å². The summed E-state index contributed by atoms with van der Waals surface area (Å²) in [6, 6.07) is 2.29. The molecule has 0 bridgehead atoms. The largest absolute Gasteiger partial charge is 0.312 e. The van der Waals surface area contributed by atoms with Crippen molar-refractivity contribution < 1.29 is 0 Å². The van der Waals surface area contributed by atoms with E-state index in [1.807, 2.05) is 0 Å². The number of hydrogen-bond donors (Lipinski definition) is 1. The van der Waals surface area contributed by atoms with Gasteiger partial charge in [-0.3, -0.25) is 4.90 Å². The highest BCUT2D eigenvalue weighted by atomic mass is 15.2. The van der Waals surface area contributed by atoms with Crippen molar-refractivity contribution in [3.8, 4) is 0 Å². The minimum absolute atomic E-state index is 0.688. The lowest BCUT2D eigenvalue weighted by Gasteiger charge is -2.31. The zero-order valence-electron chi connectivity index (χ0n) is 11.9. The van der Waals surface area contributed by atoms with E-state index in [2.05, 4.69) is 31.1 Å². The van der Waals surface area contributed by atoms with Crippen molar-refractivity contribution in [3.05, 3.63) is 0 Å². The van der Waals surface area contributed by atoms with E-state index in [0.717, 1.165) is 18.5 Å². The maximum Gasteiger partial charge on any atom is 0.0192 e. The number of nitrogens with zero attached hydrogens (tertiary/aromatic N) is 1. The lowest BCUT2D eigenvalue weighted by atomic mass is 9.84. The Kier molecular flexibility index (Phi) is 4.87. The van der Waals surface area contributed by atoms with Crippen LogP contribution in [0, 0.1) is 5.92 Å². The molecule has 2 fully saturated rings. The molecule has 2 unspecified atom stereocenters. The second kappa shape index (κ2) is 6.19. The van der Waals surface area contributed by atoms with Gasteiger partial charge in [-0.05, 0) is 52.5 Å². The van der Waals surface area contributed by atoms with Crippen molar-refractivity contribution in [2.45, 2.75) is 76.9 Å². The Bertz CT molecular complexity index is 219. The number of hydrogen-bond acceptors (Lipinski definition) is 2. The van der Waals surface area contributed by atoms with Gasteiger partial charge in [-0.15, -0.1) is 0 Å². The first-order valence-corrected chi connectivity index (χ1v) is 7.64. The van der Waals surface area contributed by atoms with E-state index in [1.165, 1.54) is 44.9 Å². The van der Waals surface area contributed by atoms with E-state index in [-0.39, 0.29) is 0 Å². The van der Waals surface area contributed by atoms with Gasteiger partial charge in [-0.2, -0.15) is 0 Å². The van der Waals surface area contributed by atoms with Gasteiger partial charge in [0, 0.05) is 24.7 Å². The van der Waals surface area contributed by atoms with Gasteiger partial charge in [-0.25, -0.2) is 0 Å². The third kappa shape index (κ3) is 3.96. The predicted molar refractivity (Wildman–Crippen MR) is 74.3 cm³/mol. The summed E-state index contributed by atoms with van der Waals surface area (Å²) < 4.78 is 0. The first-order chi connectivity index (χ1) is 8.18. The van der Waals surface area contributed by atoms with Crippen LogP contribution in [0.25, 0.3) is 0 Å². The number of likely N-dealkylation sites (N-methyl/N-ethyl adjacent to an activating group) is 1. The minimum Gasteiger partial charge on any atom is -0.312 e. The zero-order chi connectivity index (χ0) is 12.3. The molecule has 2 saturated carbocycles. The molecule has 0 spiro atoms. The zero-order valence-corrected chi connectivity index (χ0v) is 11.9. The molecular weight excluding hydrogens is 208 g/mol. The highest BCUT2D eigenvalue weighted by Gasteiger charge is 2.29. The van der Waals surface area contributed by atoms with Crippen LogP contribution in [0.15, 0.2) is 0 Å². The maximum atomic E-state index is 3.77. The molecule has 2 aliphatic rings. The molecule has 2 heteroatoms. The summed E-state index contributed by atoms with van der Waals surface area (Å²) in [4.78, 5) is 2.56.